The monoisotopic (exact) mass is 441 g/mol. The second-order valence-electron chi connectivity index (χ2n) is 9.41. The highest BCUT2D eigenvalue weighted by Gasteiger charge is 2.15. The van der Waals surface area contributed by atoms with Gasteiger partial charge < -0.3 is 9.64 Å². The number of benzene rings is 2. The van der Waals surface area contributed by atoms with Crippen LogP contribution >= 0.6 is 0 Å². The molecule has 0 aliphatic carbocycles. The van der Waals surface area contributed by atoms with Gasteiger partial charge in [-0.15, -0.1) is 0 Å². The van der Waals surface area contributed by atoms with E-state index >= 15 is 0 Å². The first-order valence-electron chi connectivity index (χ1n) is 12.5. The first kappa shape index (κ1) is 22.0. The predicted octanol–water partition coefficient (Wildman–Crippen LogP) is 6.09. The van der Waals surface area contributed by atoms with E-state index in [0.717, 1.165) is 54.8 Å². The standard InChI is InChI=1S/C29H35N3O/c1-23-11-12-27-28(30-23)9-6-10-29(27)33-20-19-31-17-13-24(14-18-31)21-25-7-5-8-26(22-25)32-15-3-2-4-16-32/h5-12,21-22H,2-4,13-20H2,1H3. The molecule has 4 nitrogen and oxygen atoms in total. The number of piperidine rings is 2. The molecule has 3 heterocycles. The molecule has 0 saturated carbocycles. The Kier molecular flexibility index (Phi) is 6.92. The second kappa shape index (κ2) is 10.4. The molecular weight excluding hydrogens is 406 g/mol. The number of pyridine rings is 1. The van der Waals surface area contributed by atoms with Gasteiger partial charge in [-0.3, -0.25) is 9.88 Å². The summed E-state index contributed by atoms with van der Waals surface area (Å²) < 4.78 is 6.15. The molecule has 0 radical (unpaired) electrons. The van der Waals surface area contributed by atoms with Crippen molar-refractivity contribution in [1.29, 1.82) is 0 Å². The average Bonchev–Trinajstić information content (AvgIpc) is 2.86. The molecule has 0 N–H and O–H groups in total. The van der Waals surface area contributed by atoms with Crippen molar-refractivity contribution in [1.82, 2.24) is 9.88 Å². The average molecular weight is 442 g/mol. The van der Waals surface area contributed by atoms with Crippen LogP contribution in [0.3, 0.4) is 0 Å². The van der Waals surface area contributed by atoms with Crippen molar-refractivity contribution >= 4 is 22.7 Å². The number of nitrogens with zero attached hydrogens (tertiary/aromatic N) is 3. The van der Waals surface area contributed by atoms with Gasteiger partial charge >= 0.3 is 0 Å². The Bertz CT molecular complexity index is 1110. The van der Waals surface area contributed by atoms with Crippen LogP contribution < -0.4 is 9.64 Å². The SMILES string of the molecule is Cc1ccc2c(OCCN3CCC(=Cc4cccc(N5CCCCC5)c4)CC3)cccc2n1. The number of aromatic nitrogens is 1. The van der Waals surface area contributed by atoms with Gasteiger partial charge in [-0.25, -0.2) is 0 Å². The third-order valence-corrected chi connectivity index (χ3v) is 6.96. The molecule has 0 bridgehead atoms. The Hall–Kier alpha value is -2.85. The summed E-state index contributed by atoms with van der Waals surface area (Å²) in [6, 6.07) is 19.4. The normalized spacial score (nSPS) is 17.4. The van der Waals surface area contributed by atoms with Gasteiger partial charge in [-0.05, 0) is 81.0 Å². The van der Waals surface area contributed by atoms with Gasteiger partial charge in [0.1, 0.15) is 12.4 Å². The smallest absolute Gasteiger partial charge is 0.128 e. The van der Waals surface area contributed by atoms with Gasteiger partial charge in [0.15, 0.2) is 0 Å². The molecule has 0 amide bonds. The molecule has 0 atom stereocenters. The van der Waals surface area contributed by atoms with E-state index in [1.165, 1.54) is 43.6 Å². The van der Waals surface area contributed by atoms with Crippen LogP contribution in [0.15, 0.2) is 60.2 Å². The van der Waals surface area contributed by atoms with E-state index in [-0.39, 0.29) is 0 Å². The lowest BCUT2D eigenvalue weighted by Gasteiger charge is -2.29. The first-order valence-corrected chi connectivity index (χ1v) is 12.5. The minimum atomic E-state index is 0.712. The number of hydrogen-bond donors (Lipinski definition) is 0. The van der Waals surface area contributed by atoms with E-state index in [1.807, 2.05) is 13.0 Å². The Morgan fingerprint density at radius 2 is 1.73 bits per heavy atom. The van der Waals surface area contributed by atoms with Crippen molar-refractivity contribution in [2.75, 3.05) is 44.2 Å². The second-order valence-corrected chi connectivity index (χ2v) is 9.41. The zero-order chi connectivity index (χ0) is 22.5. The maximum atomic E-state index is 6.15. The number of hydrogen-bond acceptors (Lipinski definition) is 4. The van der Waals surface area contributed by atoms with E-state index in [0.29, 0.717) is 6.61 Å². The van der Waals surface area contributed by atoms with Crippen LogP contribution in [-0.2, 0) is 0 Å². The van der Waals surface area contributed by atoms with E-state index in [1.54, 1.807) is 5.57 Å². The molecule has 5 rings (SSSR count). The van der Waals surface area contributed by atoms with Crippen molar-refractivity contribution < 1.29 is 4.74 Å². The van der Waals surface area contributed by atoms with Crippen molar-refractivity contribution in [3.8, 4) is 5.75 Å². The fraction of sp³-hybridized carbons (Fsp3) is 0.414. The summed E-state index contributed by atoms with van der Waals surface area (Å²) in [4.78, 5) is 9.68. The summed E-state index contributed by atoms with van der Waals surface area (Å²) in [5, 5.41) is 1.10. The van der Waals surface area contributed by atoms with E-state index in [4.69, 9.17) is 4.74 Å². The highest BCUT2D eigenvalue weighted by molar-refractivity contribution is 5.85. The molecule has 0 unspecified atom stereocenters. The van der Waals surface area contributed by atoms with Gasteiger partial charge in [0, 0.05) is 49.5 Å². The fourth-order valence-corrected chi connectivity index (χ4v) is 5.05. The van der Waals surface area contributed by atoms with Crippen molar-refractivity contribution in [2.45, 2.75) is 39.0 Å². The van der Waals surface area contributed by atoms with Gasteiger partial charge in [0.2, 0.25) is 0 Å². The predicted molar refractivity (Wildman–Crippen MR) is 138 cm³/mol. The number of ether oxygens (including phenoxy) is 1. The molecular formula is C29H35N3O. The summed E-state index contributed by atoms with van der Waals surface area (Å²) in [6.45, 7) is 8.32. The highest BCUT2D eigenvalue weighted by atomic mass is 16.5. The maximum Gasteiger partial charge on any atom is 0.128 e. The molecule has 0 spiro atoms. The summed E-state index contributed by atoms with van der Waals surface area (Å²) in [5.41, 5.74) is 6.35. The lowest BCUT2D eigenvalue weighted by molar-refractivity contribution is 0.200. The van der Waals surface area contributed by atoms with Gasteiger partial charge in [0.05, 0.1) is 5.52 Å². The van der Waals surface area contributed by atoms with Crippen LogP contribution in [-0.4, -0.2) is 49.2 Å². The Morgan fingerprint density at radius 1 is 0.909 bits per heavy atom. The fourth-order valence-electron chi connectivity index (χ4n) is 5.05. The van der Waals surface area contributed by atoms with Crippen LogP contribution in [0.1, 0.15) is 43.4 Å². The van der Waals surface area contributed by atoms with Crippen LogP contribution in [0, 0.1) is 6.92 Å². The molecule has 2 aliphatic rings. The lowest BCUT2D eigenvalue weighted by Crippen LogP contribution is -2.34. The molecule has 4 heteroatoms. The molecule has 1 aromatic heterocycles. The van der Waals surface area contributed by atoms with Crippen molar-refractivity contribution in [2.24, 2.45) is 0 Å². The van der Waals surface area contributed by atoms with Gasteiger partial charge in [0.25, 0.3) is 0 Å². The molecule has 33 heavy (non-hydrogen) atoms. The van der Waals surface area contributed by atoms with Crippen LogP contribution in [0.5, 0.6) is 5.75 Å². The van der Waals surface area contributed by atoms with Gasteiger partial charge in [-0.2, -0.15) is 0 Å². The lowest BCUT2D eigenvalue weighted by atomic mass is 10.0. The quantitative estimate of drug-likeness (QED) is 0.463. The number of likely N-dealkylation sites (tertiary alicyclic amines) is 1. The Labute approximate surface area is 197 Å². The minimum Gasteiger partial charge on any atom is -0.492 e. The number of fused-ring (bicyclic) bond motifs is 1. The zero-order valence-corrected chi connectivity index (χ0v) is 19.8. The maximum absolute atomic E-state index is 6.15. The molecule has 2 aliphatic heterocycles. The third-order valence-electron chi connectivity index (χ3n) is 6.96. The summed E-state index contributed by atoms with van der Waals surface area (Å²) >= 11 is 0. The van der Waals surface area contributed by atoms with Gasteiger partial charge in [-0.1, -0.05) is 29.8 Å². The molecule has 2 saturated heterocycles. The first-order chi connectivity index (χ1) is 16.2. The van der Waals surface area contributed by atoms with Crippen LogP contribution in [0.4, 0.5) is 5.69 Å². The van der Waals surface area contributed by atoms with E-state index < -0.39 is 0 Å². The minimum absolute atomic E-state index is 0.712. The highest BCUT2D eigenvalue weighted by Crippen LogP contribution is 2.26. The number of anilines is 1. The Morgan fingerprint density at radius 3 is 2.58 bits per heavy atom. The van der Waals surface area contributed by atoms with E-state index in [9.17, 15) is 0 Å². The summed E-state index contributed by atoms with van der Waals surface area (Å²) in [5.74, 6) is 0.936. The van der Waals surface area contributed by atoms with Crippen molar-refractivity contribution in [3.05, 3.63) is 71.4 Å². The third kappa shape index (κ3) is 5.56. The Balaban J connectivity index is 1.12. The van der Waals surface area contributed by atoms with E-state index in [2.05, 4.69) is 69.4 Å². The largest absolute Gasteiger partial charge is 0.492 e. The number of aryl methyl sites for hydroxylation is 1. The molecule has 3 aromatic rings. The van der Waals surface area contributed by atoms with Crippen LogP contribution in [0.2, 0.25) is 0 Å². The molecule has 2 aromatic carbocycles. The number of rotatable bonds is 6. The topological polar surface area (TPSA) is 28.6 Å². The molecule has 172 valence electrons. The summed E-state index contributed by atoms with van der Waals surface area (Å²) in [6.07, 6.45) is 8.73. The molecule has 2 fully saturated rings. The van der Waals surface area contributed by atoms with Crippen LogP contribution in [0.25, 0.3) is 17.0 Å². The van der Waals surface area contributed by atoms with Crippen molar-refractivity contribution in [3.63, 3.8) is 0 Å². The zero-order valence-electron chi connectivity index (χ0n) is 19.8. The summed E-state index contributed by atoms with van der Waals surface area (Å²) in [7, 11) is 0.